The molecule has 0 aliphatic carbocycles. The molecule has 0 radical (unpaired) electrons. The van der Waals surface area contributed by atoms with E-state index < -0.39 is 6.04 Å². The third kappa shape index (κ3) is 2.59. The largest absolute Gasteiger partial charge is 0.467 e. The molecule has 0 bridgehead atoms. The smallest absolute Gasteiger partial charge is 0.328 e. The molecule has 15 heavy (non-hydrogen) atoms. The standard InChI is InChI=1S/C10H14N2O3/c1-7(10(14)15-3)12(2)8-5-4-6-9(13)11-8/h4-7H,1-3H3,(H,11,13)/t7-/m0/s1. The first-order valence-corrected chi connectivity index (χ1v) is 4.56. The van der Waals surface area contributed by atoms with Crippen molar-refractivity contribution in [2.24, 2.45) is 0 Å². The number of carbonyl (C=O) groups excluding carboxylic acids is 1. The first-order chi connectivity index (χ1) is 7.06. The molecule has 5 heteroatoms. The number of likely N-dealkylation sites (N-methyl/N-ethyl adjacent to an activating group) is 1. The van der Waals surface area contributed by atoms with Crippen molar-refractivity contribution >= 4 is 11.8 Å². The molecule has 1 rings (SSSR count). The number of anilines is 1. The van der Waals surface area contributed by atoms with Gasteiger partial charge >= 0.3 is 5.97 Å². The van der Waals surface area contributed by atoms with Gasteiger partial charge in [-0.1, -0.05) is 6.07 Å². The van der Waals surface area contributed by atoms with Gasteiger partial charge in [-0.15, -0.1) is 0 Å². The van der Waals surface area contributed by atoms with Gasteiger partial charge in [0.15, 0.2) is 0 Å². The summed E-state index contributed by atoms with van der Waals surface area (Å²) in [6, 6.07) is 4.34. The highest BCUT2D eigenvalue weighted by molar-refractivity contribution is 5.78. The second-order valence-electron chi connectivity index (χ2n) is 3.21. The van der Waals surface area contributed by atoms with Crippen LogP contribution in [-0.2, 0) is 9.53 Å². The minimum atomic E-state index is -0.437. The Kier molecular flexibility index (Phi) is 3.49. The number of H-pyrrole nitrogens is 1. The Bertz CT molecular complexity index is 400. The molecule has 0 amide bonds. The van der Waals surface area contributed by atoms with E-state index in [-0.39, 0.29) is 11.5 Å². The molecule has 0 aromatic carbocycles. The molecule has 0 aliphatic heterocycles. The summed E-state index contributed by atoms with van der Waals surface area (Å²) in [5.41, 5.74) is -0.198. The van der Waals surface area contributed by atoms with Crippen molar-refractivity contribution in [2.45, 2.75) is 13.0 Å². The number of methoxy groups -OCH3 is 1. The average Bonchev–Trinajstić information content (AvgIpc) is 2.26. The fourth-order valence-corrected chi connectivity index (χ4v) is 1.18. The average molecular weight is 210 g/mol. The number of nitrogens with one attached hydrogen (secondary N) is 1. The normalized spacial score (nSPS) is 11.9. The topological polar surface area (TPSA) is 62.4 Å². The molecule has 0 aliphatic rings. The number of rotatable bonds is 3. The van der Waals surface area contributed by atoms with E-state index in [9.17, 15) is 9.59 Å². The van der Waals surface area contributed by atoms with Crippen molar-refractivity contribution in [1.29, 1.82) is 0 Å². The monoisotopic (exact) mass is 210 g/mol. The number of hydrogen-bond donors (Lipinski definition) is 1. The summed E-state index contributed by atoms with van der Waals surface area (Å²) in [6.45, 7) is 1.71. The third-order valence-electron chi connectivity index (χ3n) is 2.26. The first kappa shape index (κ1) is 11.3. The zero-order valence-corrected chi connectivity index (χ0v) is 8.98. The van der Waals surface area contributed by atoms with E-state index in [1.54, 1.807) is 31.0 Å². The lowest BCUT2D eigenvalue weighted by Crippen LogP contribution is -2.37. The van der Waals surface area contributed by atoms with Crippen LogP contribution in [0.3, 0.4) is 0 Å². The Hall–Kier alpha value is -1.78. The Labute approximate surface area is 87.7 Å². The minimum Gasteiger partial charge on any atom is -0.467 e. The molecule has 0 saturated heterocycles. The zero-order chi connectivity index (χ0) is 11.4. The predicted molar refractivity (Wildman–Crippen MR) is 56.9 cm³/mol. The summed E-state index contributed by atoms with van der Waals surface area (Å²) in [7, 11) is 3.05. The van der Waals surface area contributed by atoms with Crippen LogP contribution in [0.15, 0.2) is 23.0 Å². The van der Waals surface area contributed by atoms with Crippen LogP contribution in [0.25, 0.3) is 0 Å². The molecule has 0 spiro atoms. The van der Waals surface area contributed by atoms with Gasteiger partial charge in [0.2, 0.25) is 5.56 Å². The lowest BCUT2D eigenvalue weighted by atomic mass is 10.3. The summed E-state index contributed by atoms with van der Waals surface area (Å²) in [5.74, 6) is 0.239. The summed E-state index contributed by atoms with van der Waals surface area (Å²) in [4.78, 5) is 26.6. The molecule has 82 valence electrons. The van der Waals surface area contributed by atoms with Crippen LogP contribution in [0.4, 0.5) is 5.82 Å². The van der Waals surface area contributed by atoms with E-state index in [2.05, 4.69) is 9.72 Å². The Balaban J connectivity index is 2.89. The van der Waals surface area contributed by atoms with Crippen LogP contribution in [0.5, 0.6) is 0 Å². The molecular formula is C10H14N2O3. The molecular weight excluding hydrogens is 196 g/mol. The SMILES string of the molecule is COC(=O)[C@H](C)N(C)c1cccc(=O)[nH]1. The fourth-order valence-electron chi connectivity index (χ4n) is 1.18. The number of pyridine rings is 1. The summed E-state index contributed by atoms with van der Waals surface area (Å²) in [5, 5.41) is 0. The minimum absolute atomic E-state index is 0.198. The molecule has 0 saturated carbocycles. The number of carbonyl (C=O) groups is 1. The van der Waals surface area contributed by atoms with Crippen molar-refractivity contribution in [3.63, 3.8) is 0 Å². The highest BCUT2D eigenvalue weighted by Crippen LogP contribution is 2.09. The van der Waals surface area contributed by atoms with Crippen molar-refractivity contribution in [3.8, 4) is 0 Å². The maximum Gasteiger partial charge on any atom is 0.328 e. The van der Waals surface area contributed by atoms with Gasteiger partial charge < -0.3 is 14.6 Å². The molecule has 1 N–H and O–H groups in total. The van der Waals surface area contributed by atoms with E-state index in [4.69, 9.17) is 0 Å². The van der Waals surface area contributed by atoms with Crippen LogP contribution in [0, 0.1) is 0 Å². The highest BCUT2D eigenvalue weighted by Gasteiger charge is 2.19. The van der Waals surface area contributed by atoms with Gasteiger partial charge in [0.25, 0.3) is 0 Å². The van der Waals surface area contributed by atoms with E-state index >= 15 is 0 Å². The number of aromatic amines is 1. The van der Waals surface area contributed by atoms with Crippen LogP contribution in [0.2, 0.25) is 0 Å². The van der Waals surface area contributed by atoms with Crippen molar-refractivity contribution in [1.82, 2.24) is 4.98 Å². The molecule has 0 unspecified atom stereocenters. The van der Waals surface area contributed by atoms with Crippen molar-refractivity contribution in [3.05, 3.63) is 28.6 Å². The quantitative estimate of drug-likeness (QED) is 0.732. The number of nitrogens with zero attached hydrogens (tertiary/aromatic N) is 1. The first-order valence-electron chi connectivity index (χ1n) is 4.56. The lowest BCUT2D eigenvalue weighted by molar-refractivity contribution is -0.141. The Morgan fingerprint density at radius 3 is 2.73 bits per heavy atom. The summed E-state index contributed by atoms with van der Waals surface area (Å²) in [6.07, 6.45) is 0. The predicted octanol–water partition coefficient (Wildman–Crippen LogP) is 0.373. The summed E-state index contributed by atoms with van der Waals surface area (Å²) >= 11 is 0. The van der Waals surface area contributed by atoms with Crippen LogP contribution >= 0.6 is 0 Å². The molecule has 0 fully saturated rings. The van der Waals surface area contributed by atoms with Gasteiger partial charge in [-0.2, -0.15) is 0 Å². The maximum absolute atomic E-state index is 11.3. The fraction of sp³-hybridized carbons (Fsp3) is 0.400. The zero-order valence-electron chi connectivity index (χ0n) is 8.98. The van der Waals surface area contributed by atoms with Crippen molar-refractivity contribution < 1.29 is 9.53 Å². The van der Waals surface area contributed by atoms with Crippen molar-refractivity contribution in [2.75, 3.05) is 19.1 Å². The van der Waals surface area contributed by atoms with Crippen LogP contribution < -0.4 is 10.5 Å². The number of esters is 1. The Morgan fingerprint density at radius 2 is 2.20 bits per heavy atom. The molecule has 1 aromatic heterocycles. The van der Waals surface area contributed by atoms with Gasteiger partial charge in [-0.3, -0.25) is 4.79 Å². The number of aromatic nitrogens is 1. The maximum atomic E-state index is 11.3. The van der Waals surface area contributed by atoms with Gasteiger partial charge in [0.1, 0.15) is 11.9 Å². The number of ether oxygens (including phenoxy) is 1. The van der Waals surface area contributed by atoms with Gasteiger partial charge in [0.05, 0.1) is 7.11 Å². The Morgan fingerprint density at radius 1 is 1.53 bits per heavy atom. The van der Waals surface area contributed by atoms with Crippen LogP contribution in [-0.4, -0.2) is 31.2 Å². The second kappa shape index (κ2) is 4.63. The third-order valence-corrected chi connectivity index (χ3v) is 2.26. The molecule has 1 atom stereocenters. The summed E-state index contributed by atoms with van der Waals surface area (Å²) < 4.78 is 4.61. The van der Waals surface area contributed by atoms with E-state index in [1.165, 1.54) is 13.2 Å². The molecule has 5 nitrogen and oxygen atoms in total. The number of hydrogen-bond acceptors (Lipinski definition) is 4. The van der Waals surface area contributed by atoms with Gasteiger partial charge in [0, 0.05) is 13.1 Å². The highest BCUT2D eigenvalue weighted by atomic mass is 16.5. The molecule has 1 heterocycles. The van der Waals surface area contributed by atoms with Gasteiger partial charge in [-0.25, -0.2) is 4.79 Å². The second-order valence-corrected chi connectivity index (χ2v) is 3.21. The van der Waals surface area contributed by atoms with E-state index in [0.717, 1.165) is 0 Å². The lowest BCUT2D eigenvalue weighted by Gasteiger charge is -2.23. The van der Waals surface area contributed by atoms with E-state index in [1.807, 2.05) is 0 Å². The van der Waals surface area contributed by atoms with Crippen LogP contribution in [0.1, 0.15) is 6.92 Å². The van der Waals surface area contributed by atoms with Gasteiger partial charge in [-0.05, 0) is 13.0 Å². The molecule has 1 aromatic rings. The van der Waals surface area contributed by atoms with E-state index in [0.29, 0.717) is 5.82 Å².